The second kappa shape index (κ2) is 7.25. The van der Waals surface area contributed by atoms with Gasteiger partial charge < -0.3 is 15.5 Å². The quantitative estimate of drug-likeness (QED) is 0.808. The van der Waals surface area contributed by atoms with Crippen LogP contribution in [0.5, 0.6) is 0 Å². The lowest BCUT2D eigenvalue weighted by atomic mass is 9.90. The SMILES string of the molecule is CCN1CCC(C(=O)NC2CCC(NC)CC2)CC1. The Kier molecular flexibility index (Phi) is 5.64. The fraction of sp³-hybridized carbons (Fsp3) is 0.933. The van der Waals surface area contributed by atoms with Crippen molar-refractivity contribution in [3.8, 4) is 0 Å². The van der Waals surface area contributed by atoms with Crippen molar-refractivity contribution in [3.63, 3.8) is 0 Å². The highest BCUT2D eigenvalue weighted by atomic mass is 16.1. The highest BCUT2D eigenvalue weighted by molar-refractivity contribution is 5.79. The van der Waals surface area contributed by atoms with Gasteiger partial charge >= 0.3 is 0 Å². The molecule has 1 aliphatic carbocycles. The summed E-state index contributed by atoms with van der Waals surface area (Å²) >= 11 is 0. The number of amides is 1. The Bertz CT molecular complexity index is 279. The molecule has 1 amide bonds. The van der Waals surface area contributed by atoms with E-state index in [1.807, 2.05) is 7.05 Å². The molecular formula is C15H29N3O. The largest absolute Gasteiger partial charge is 0.353 e. The van der Waals surface area contributed by atoms with Gasteiger partial charge in [0.05, 0.1) is 0 Å². The number of carbonyl (C=O) groups excluding carboxylic acids is 1. The molecule has 1 saturated carbocycles. The van der Waals surface area contributed by atoms with Gasteiger partial charge in [-0.2, -0.15) is 0 Å². The van der Waals surface area contributed by atoms with E-state index in [0.717, 1.165) is 45.3 Å². The topological polar surface area (TPSA) is 44.4 Å². The molecule has 4 heteroatoms. The molecule has 0 radical (unpaired) electrons. The van der Waals surface area contributed by atoms with Crippen LogP contribution in [-0.4, -0.2) is 49.6 Å². The molecular weight excluding hydrogens is 238 g/mol. The van der Waals surface area contributed by atoms with E-state index in [1.54, 1.807) is 0 Å². The highest BCUT2D eigenvalue weighted by Gasteiger charge is 2.27. The zero-order valence-corrected chi connectivity index (χ0v) is 12.5. The number of rotatable bonds is 4. The Balaban J connectivity index is 1.70. The van der Waals surface area contributed by atoms with Crippen LogP contribution >= 0.6 is 0 Å². The standard InChI is InChI=1S/C15H29N3O/c1-3-18-10-8-12(9-11-18)15(19)17-14-6-4-13(16-2)5-7-14/h12-14,16H,3-11H2,1-2H3,(H,17,19). The normalized spacial score (nSPS) is 30.2. The first kappa shape index (κ1) is 14.8. The van der Waals surface area contributed by atoms with Gasteiger partial charge in [0.2, 0.25) is 5.91 Å². The molecule has 0 atom stereocenters. The average molecular weight is 267 g/mol. The first-order chi connectivity index (χ1) is 9.22. The van der Waals surface area contributed by atoms with Gasteiger partial charge in [0.15, 0.2) is 0 Å². The molecule has 1 heterocycles. The van der Waals surface area contributed by atoms with E-state index in [0.29, 0.717) is 18.0 Å². The van der Waals surface area contributed by atoms with Crippen LogP contribution in [0.3, 0.4) is 0 Å². The van der Waals surface area contributed by atoms with Crippen LogP contribution in [0.2, 0.25) is 0 Å². The van der Waals surface area contributed by atoms with Crippen molar-refractivity contribution in [2.45, 2.75) is 57.5 Å². The van der Waals surface area contributed by atoms with Crippen molar-refractivity contribution >= 4 is 5.91 Å². The molecule has 2 fully saturated rings. The zero-order chi connectivity index (χ0) is 13.7. The van der Waals surface area contributed by atoms with Gasteiger partial charge in [-0.1, -0.05) is 6.92 Å². The monoisotopic (exact) mass is 267 g/mol. The number of carbonyl (C=O) groups is 1. The lowest BCUT2D eigenvalue weighted by Crippen LogP contribution is -2.46. The summed E-state index contributed by atoms with van der Waals surface area (Å²) in [5.41, 5.74) is 0. The molecule has 2 rings (SSSR count). The summed E-state index contributed by atoms with van der Waals surface area (Å²) < 4.78 is 0. The van der Waals surface area contributed by atoms with Gasteiger partial charge in [0.25, 0.3) is 0 Å². The van der Waals surface area contributed by atoms with Gasteiger partial charge in [-0.3, -0.25) is 4.79 Å². The van der Waals surface area contributed by atoms with E-state index in [4.69, 9.17) is 0 Å². The molecule has 0 aromatic carbocycles. The Hall–Kier alpha value is -0.610. The van der Waals surface area contributed by atoms with Crippen molar-refractivity contribution in [2.24, 2.45) is 5.92 Å². The third kappa shape index (κ3) is 4.18. The maximum Gasteiger partial charge on any atom is 0.223 e. The van der Waals surface area contributed by atoms with Crippen molar-refractivity contribution in [1.29, 1.82) is 0 Å². The number of likely N-dealkylation sites (tertiary alicyclic amines) is 1. The summed E-state index contributed by atoms with van der Waals surface area (Å²) in [6, 6.07) is 1.07. The van der Waals surface area contributed by atoms with Crippen LogP contribution in [0.25, 0.3) is 0 Å². The van der Waals surface area contributed by atoms with Gasteiger partial charge in [-0.25, -0.2) is 0 Å². The van der Waals surface area contributed by atoms with E-state index in [1.165, 1.54) is 12.8 Å². The Morgan fingerprint density at radius 1 is 1.05 bits per heavy atom. The first-order valence-corrected chi connectivity index (χ1v) is 7.93. The van der Waals surface area contributed by atoms with E-state index in [2.05, 4.69) is 22.5 Å². The molecule has 19 heavy (non-hydrogen) atoms. The minimum Gasteiger partial charge on any atom is -0.353 e. The second-order valence-electron chi connectivity index (χ2n) is 6.05. The van der Waals surface area contributed by atoms with Crippen molar-refractivity contribution in [3.05, 3.63) is 0 Å². The predicted octanol–water partition coefficient (Wildman–Crippen LogP) is 1.37. The maximum absolute atomic E-state index is 12.3. The number of hydrogen-bond acceptors (Lipinski definition) is 3. The van der Waals surface area contributed by atoms with E-state index in [9.17, 15) is 4.79 Å². The maximum atomic E-state index is 12.3. The van der Waals surface area contributed by atoms with E-state index < -0.39 is 0 Å². The van der Waals surface area contributed by atoms with Crippen LogP contribution < -0.4 is 10.6 Å². The molecule has 1 aliphatic heterocycles. The summed E-state index contributed by atoms with van der Waals surface area (Å²) in [7, 11) is 2.03. The Morgan fingerprint density at radius 3 is 2.16 bits per heavy atom. The molecule has 0 unspecified atom stereocenters. The Morgan fingerprint density at radius 2 is 1.63 bits per heavy atom. The van der Waals surface area contributed by atoms with Crippen molar-refractivity contribution < 1.29 is 4.79 Å². The van der Waals surface area contributed by atoms with Gasteiger partial charge in [-0.15, -0.1) is 0 Å². The summed E-state index contributed by atoms with van der Waals surface area (Å²) in [5, 5.41) is 6.62. The molecule has 2 N–H and O–H groups in total. The summed E-state index contributed by atoms with van der Waals surface area (Å²) in [6.45, 7) is 5.48. The van der Waals surface area contributed by atoms with Crippen LogP contribution in [0.4, 0.5) is 0 Å². The molecule has 0 aromatic heterocycles. The molecule has 4 nitrogen and oxygen atoms in total. The molecule has 2 aliphatic rings. The fourth-order valence-corrected chi connectivity index (χ4v) is 3.36. The molecule has 0 aromatic rings. The van der Waals surface area contributed by atoms with Crippen LogP contribution in [0.1, 0.15) is 45.4 Å². The first-order valence-electron chi connectivity index (χ1n) is 7.93. The van der Waals surface area contributed by atoms with Gasteiger partial charge in [0, 0.05) is 18.0 Å². The molecule has 110 valence electrons. The highest BCUT2D eigenvalue weighted by Crippen LogP contribution is 2.21. The summed E-state index contributed by atoms with van der Waals surface area (Å²) in [6.07, 6.45) is 6.71. The fourth-order valence-electron chi connectivity index (χ4n) is 3.36. The minimum atomic E-state index is 0.254. The molecule has 0 bridgehead atoms. The minimum absolute atomic E-state index is 0.254. The van der Waals surface area contributed by atoms with Crippen LogP contribution in [-0.2, 0) is 4.79 Å². The predicted molar refractivity (Wildman–Crippen MR) is 78.1 cm³/mol. The van der Waals surface area contributed by atoms with Crippen LogP contribution in [0, 0.1) is 5.92 Å². The second-order valence-corrected chi connectivity index (χ2v) is 6.05. The zero-order valence-electron chi connectivity index (χ0n) is 12.5. The third-order valence-electron chi connectivity index (χ3n) is 4.89. The number of piperidine rings is 1. The average Bonchev–Trinajstić information content (AvgIpc) is 2.48. The number of hydrogen-bond donors (Lipinski definition) is 2. The lowest BCUT2D eigenvalue weighted by Gasteiger charge is -2.33. The van der Waals surface area contributed by atoms with E-state index in [-0.39, 0.29) is 5.92 Å². The number of nitrogens with one attached hydrogen (secondary N) is 2. The summed E-state index contributed by atoms with van der Waals surface area (Å²) in [4.78, 5) is 14.7. The number of nitrogens with zero attached hydrogens (tertiary/aromatic N) is 1. The smallest absolute Gasteiger partial charge is 0.223 e. The van der Waals surface area contributed by atoms with Crippen molar-refractivity contribution in [1.82, 2.24) is 15.5 Å². The van der Waals surface area contributed by atoms with Gasteiger partial charge in [0.1, 0.15) is 0 Å². The van der Waals surface area contributed by atoms with Gasteiger partial charge in [-0.05, 0) is 65.2 Å². The Labute approximate surface area is 117 Å². The lowest BCUT2D eigenvalue weighted by molar-refractivity contribution is -0.127. The molecule has 1 saturated heterocycles. The molecule has 0 spiro atoms. The van der Waals surface area contributed by atoms with Crippen LogP contribution in [0.15, 0.2) is 0 Å². The third-order valence-corrected chi connectivity index (χ3v) is 4.89. The van der Waals surface area contributed by atoms with Crippen molar-refractivity contribution in [2.75, 3.05) is 26.7 Å². The summed E-state index contributed by atoms with van der Waals surface area (Å²) in [5.74, 6) is 0.563. The van der Waals surface area contributed by atoms with E-state index >= 15 is 0 Å².